The van der Waals surface area contributed by atoms with Crippen molar-refractivity contribution in [3.05, 3.63) is 60.5 Å². The van der Waals surface area contributed by atoms with Crippen LogP contribution in [0.3, 0.4) is 0 Å². The molecule has 0 spiro atoms. The molecule has 3 aromatic heterocycles. The molecule has 0 amide bonds. The number of nitrogens with one attached hydrogen (secondary N) is 2. The molecular formula is C25H23FN4O4S. The van der Waals surface area contributed by atoms with Gasteiger partial charge in [0, 0.05) is 34.4 Å². The van der Waals surface area contributed by atoms with Crippen LogP contribution < -0.4 is 9.46 Å². The van der Waals surface area contributed by atoms with Crippen molar-refractivity contribution in [2.75, 3.05) is 20.3 Å². The molecule has 0 radical (unpaired) electrons. The Morgan fingerprint density at radius 2 is 1.89 bits per heavy atom. The number of hydrogen-bond acceptors (Lipinski definition) is 8. The highest BCUT2D eigenvalue weighted by Crippen LogP contribution is 2.32. The Labute approximate surface area is 205 Å². The van der Waals surface area contributed by atoms with E-state index in [1.165, 1.54) is 18.0 Å². The van der Waals surface area contributed by atoms with E-state index in [1.807, 2.05) is 49.6 Å². The summed E-state index contributed by atoms with van der Waals surface area (Å²) in [6, 6.07) is 14.6. The van der Waals surface area contributed by atoms with Crippen LogP contribution in [-0.2, 0) is 9.47 Å². The van der Waals surface area contributed by atoms with Gasteiger partial charge in [-0.3, -0.25) is 9.71 Å². The maximum absolute atomic E-state index is 15.0. The number of rotatable bonds is 6. The maximum Gasteiger partial charge on any atom is 0.193 e. The van der Waals surface area contributed by atoms with Crippen LogP contribution in [0.25, 0.3) is 33.5 Å². The highest BCUT2D eigenvalue weighted by atomic mass is 32.2. The molecule has 0 aliphatic carbocycles. The first-order valence-corrected chi connectivity index (χ1v) is 12.1. The Kier molecular flexibility index (Phi) is 5.91. The van der Waals surface area contributed by atoms with Gasteiger partial charge in [-0.05, 0) is 31.1 Å². The van der Waals surface area contributed by atoms with Crippen molar-refractivity contribution in [1.29, 1.82) is 0 Å². The van der Waals surface area contributed by atoms with Gasteiger partial charge in [0.2, 0.25) is 0 Å². The van der Waals surface area contributed by atoms with Crippen molar-refractivity contribution in [3.63, 3.8) is 0 Å². The van der Waals surface area contributed by atoms with E-state index >= 15 is 0 Å². The highest BCUT2D eigenvalue weighted by Gasteiger charge is 2.48. The van der Waals surface area contributed by atoms with E-state index < -0.39 is 11.9 Å². The lowest BCUT2D eigenvalue weighted by Crippen LogP contribution is -2.34. The van der Waals surface area contributed by atoms with Crippen LogP contribution in [0.1, 0.15) is 0 Å². The summed E-state index contributed by atoms with van der Waals surface area (Å²) in [5.41, 5.74) is 3.82. The maximum atomic E-state index is 15.0. The van der Waals surface area contributed by atoms with Gasteiger partial charge in [-0.2, -0.15) is 0 Å². The Hall–Kier alpha value is -3.02. The van der Waals surface area contributed by atoms with E-state index in [9.17, 15) is 9.50 Å². The second-order valence-corrected chi connectivity index (χ2v) is 9.55. The normalized spacial score (nSPS) is 23.6. The molecule has 3 N–H and O–H groups in total. The predicted octanol–water partition coefficient (Wildman–Crippen LogP) is 3.56. The van der Waals surface area contributed by atoms with Gasteiger partial charge >= 0.3 is 0 Å². The van der Waals surface area contributed by atoms with E-state index in [1.54, 1.807) is 6.07 Å². The first-order valence-electron chi connectivity index (χ1n) is 11.3. The summed E-state index contributed by atoms with van der Waals surface area (Å²) in [4.78, 5) is 13.1. The molecule has 1 aromatic carbocycles. The molecule has 4 atom stereocenters. The van der Waals surface area contributed by atoms with Crippen LogP contribution >= 0.6 is 11.9 Å². The van der Waals surface area contributed by atoms with E-state index in [4.69, 9.17) is 14.2 Å². The van der Waals surface area contributed by atoms with E-state index in [0.29, 0.717) is 29.1 Å². The largest absolute Gasteiger partial charge is 0.470 e. The summed E-state index contributed by atoms with van der Waals surface area (Å²) in [7, 11) is 1.86. The van der Waals surface area contributed by atoms with Gasteiger partial charge < -0.3 is 24.3 Å². The Morgan fingerprint density at radius 3 is 2.66 bits per heavy atom. The quantitative estimate of drug-likeness (QED) is 0.350. The van der Waals surface area contributed by atoms with Crippen molar-refractivity contribution >= 4 is 23.0 Å². The van der Waals surface area contributed by atoms with Crippen LogP contribution in [0.5, 0.6) is 5.88 Å². The number of aliphatic hydroxyl groups is 1. The second kappa shape index (κ2) is 9.21. The molecule has 10 heteroatoms. The Balaban J connectivity index is 1.22. The molecule has 2 aliphatic heterocycles. The van der Waals surface area contributed by atoms with Gasteiger partial charge in [-0.15, -0.1) is 0 Å². The fraction of sp³-hybridized carbons (Fsp3) is 0.280. The fourth-order valence-electron chi connectivity index (χ4n) is 4.51. The molecule has 35 heavy (non-hydrogen) atoms. The zero-order valence-electron chi connectivity index (χ0n) is 18.8. The molecule has 180 valence electrons. The second-order valence-electron chi connectivity index (χ2n) is 8.47. The average Bonchev–Trinajstić information content (AvgIpc) is 3.56. The predicted molar refractivity (Wildman–Crippen MR) is 130 cm³/mol. The number of halogens is 1. The van der Waals surface area contributed by atoms with Crippen LogP contribution in [-0.4, -0.2) is 64.7 Å². The third kappa shape index (κ3) is 4.28. The number of aromatic amines is 1. The molecule has 2 unspecified atom stereocenters. The first kappa shape index (κ1) is 22.4. The molecule has 2 aliphatic rings. The minimum atomic E-state index is -0.645. The van der Waals surface area contributed by atoms with E-state index in [2.05, 4.69) is 19.7 Å². The zero-order chi connectivity index (χ0) is 23.9. The first-order chi connectivity index (χ1) is 17.1. The van der Waals surface area contributed by atoms with Gasteiger partial charge in [-0.1, -0.05) is 24.3 Å². The number of aliphatic hydroxyl groups excluding tert-OH is 1. The molecule has 2 saturated heterocycles. The van der Waals surface area contributed by atoms with Crippen LogP contribution in [0.4, 0.5) is 4.39 Å². The fourth-order valence-corrected chi connectivity index (χ4v) is 4.99. The third-order valence-corrected chi connectivity index (χ3v) is 6.88. The lowest BCUT2D eigenvalue weighted by Gasteiger charge is -2.16. The van der Waals surface area contributed by atoms with Gasteiger partial charge in [-0.25, -0.2) is 9.37 Å². The summed E-state index contributed by atoms with van der Waals surface area (Å²) < 4.78 is 35.2. The van der Waals surface area contributed by atoms with Crippen LogP contribution in [0.15, 0.2) is 59.6 Å². The average molecular weight is 495 g/mol. The number of aromatic nitrogens is 3. The van der Waals surface area contributed by atoms with Crippen LogP contribution in [0.2, 0.25) is 0 Å². The lowest BCUT2D eigenvalue weighted by atomic mass is 10.1. The van der Waals surface area contributed by atoms with E-state index in [0.717, 1.165) is 16.2 Å². The minimum Gasteiger partial charge on any atom is -0.470 e. The number of pyridine rings is 2. The van der Waals surface area contributed by atoms with Gasteiger partial charge in [0.15, 0.2) is 17.8 Å². The zero-order valence-corrected chi connectivity index (χ0v) is 19.6. The van der Waals surface area contributed by atoms with Crippen molar-refractivity contribution in [3.8, 4) is 28.4 Å². The molecule has 6 rings (SSSR count). The summed E-state index contributed by atoms with van der Waals surface area (Å²) in [6.45, 7) is 0.542. The molecule has 0 saturated carbocycles. The Bertz CT molecular complexity index is 1350. The Morgan fingerprint density at radius 1 is 1.09 bits per heavy atom. The number of ether oxygens (including phenoxy) is 3. The number of nitrogens with zero attached hydrogens (tertiary/aromatic N) is 2. The molecule has 0 bridgehead atoms. The van der Waals surface area contributed by atoms with Crippen molar-refractivity contribution in [2.24, 2.45) is 0 Å². The van der Waals surface area contributed by atoms with Crippen LogP contribution in [0, 0.1) is 5.82 Å². The SMILES string of the molecule is CNSc1ccc(-c2ccc(-c3nc4cc(OC5CO[C@@H]6C(O)CO[C@H]56)[nH]c4cc3F)cc2)nc1. The van der Waals surface area contributed by atoms with E-state index in [-0.39, 0.29) is 30.6 Å². The number of hydrogen-bond donors (Lipinski definition) is 3. The summed E-state index contributed by atoms with van der Waals surface area (Å²) in [5, 5.41) is 9.91. The minimum absolute atomic E-state index is 0.230. The molecule has 4 aromatic rings. The smallest absolute Gasteiger partial charge is 0.193 e. The van der Waals surface area contributed by atoms with Crippen molar-refractivity contribution in [2.45, 2.75) is 29.3 Å². The molecular weight excluding hydrogens is 471 g/mol. The van der Waals surface area contributed by atoms with Gasteiger partial charge in [0.25, 0.3) is 0 Å². The number of benzene rings is 1. The van der Waals surface area contributed by atoms with Gasteiger partial charge in [0.1, 0.15) is 24.0 Å². The number of H-pyrrole nitrogens is 1. The van der Waals surface area contributed by atoms with Crippen molar-refractivity contribution in [1.82, 2.24) is 19.7 Å². The molecule has 2 fully saturated rings. The molecule has 8 nitrogen and oxygen atoms in total. The van der Waals surface area contributed by atoms with Gasteiger partial charge in [0.05, 0.1) is 29.9 Å². The lowest BCUT2D eigenvalue weighted by molar-refractivity contribution is 0.00794. The third-order valence-electron chi connectivity index (χ3n) is 6.20. The standard InChI is InChI=1S/C25H23FN4O4S/c1-27-35-15-6-7-17(28-10-15)13-2-4-14(5-3-13)23-16(26)8-18-19(30-23)9-22(29-18)34-21-12-33-24-20(31)11-32-25(21)24/h2-10,20-21,24-25,27,29,31H,11-12H2,1H3/t20?,21?,24-,25-/m1/s1. The topological polar surface area (TPSA) is 102 Å². The molecule has 5 heterocycles. The van der Waals surface area contributed by atoms with Crippen molar-refractivity contribution < 1.29 is 23.7 Å². The highest BCUT2D eigenvalue weighted by molar-refractivity contribution is 7.97. The monoisotopic (exact) mass is 494 g/mol. The summed E-state index contributed by atoms with van der Waals surface area (Å²) >= 11 is 1.50. The summed E-state index contributed by atoms with van der Waals surface area (Å²) in [6.07, 6.45) is 0.0946. The number of fused-ring (bicyclic) bond motifs is 2. The summed E-state index contributed by atoms with van der Waals surface area (Å²) in [5.74, 6) is 0.0151.